The van der Waals surface area contributed by atoms with Crippen LogP contribution in [-0.4, -0.2) is 18.9 Å². The van der Waals surface area contributed by atoms with E-state index in [-0.39, 0.29) is 23.7 Å². The molecule has 0 spiro atoms. The van der Waals surface area contributed by atoms with Gasteiger partial charge in [-0.2, -0.15) is 0 Å². The second kappa shape index (κ2) is 9.59. The third kappa shape index (κ3) is 5.37. The average Bonchev–Trinajstić information content (AvgIpc) is 2.73. The molecule has 0 aliphatic heterocycles. The highest BCUT2D eigenvalue weighted by Gasteiger charge is 2.30. The molecule has 3 rings (SSSR count). The number of carbonyl (C=O) groups excluding carboxylic acids is 2. The molecule has 0 saturated heterocycles. The summed E-state index contributed by atoms with van der Waals surface area (Å²) in [6, 6.07) is 13.8. The molecule has 2 aromatic carbocycles. The van der Waals surface area contributed by atoms with Crippen molar-refractivity contribution < 1.29 is 14.3 Å². The first-order chi connectivity index (χ1) is 14.0. The zero-order chi connectivity index (χ0) is 20.8. The van der Waals surface area contributed by atoms with Crippen LogP contribution in [0.4, 0.5) is 5.69 Å². The summed E-state index contributed by atoms with van der Waals surface area (Å²) in [5.74, 6) is 0.672. The standard InChI is InChI=1S/C24H30N2O3/c1-16-8-13-22(29-3)21(14-16)26-24(28)19-11-9-18(10-12-19)23(27)25-15-20-7-5-4-6-17(20)2/h4-8,13-14,18-19H,9-12,15H2,1-3H3,(H,25,27)(H,26,28). The van der Waals surface area contributed by atoms with Crippen LogP contribution in [0.15, 0.2) is 42.5 Å². The molecule has 5 heteroatoms. The fourth-order valence-electron chi connectivity index (χ4n) is 3.91. The van der Waals surface area contributed by atoms with Gasteiger partial charge in [-0.3, -0.25) is 9.59 Å². The lowest BCUT2D eigenvalue weighted by atomic mass is 9.81. The molecule has 154 valence electrons. The van der Waals surface area contributed by atoms with Crippen molar-refractivity contribution in [3.8, 4) is 5.75 Å². The second-order valence-corrected chi connectivity index (χ2v) is 7.89. The molecule has 0 atom stereocenters. The van der Waals surface area contributed by atoms with E-state index in [1.807, 2.05) is 43.3 Å². The number of ether oxygens (including phenoxy) is 1. The van der Waals surface area contributed by atoms with Gasteiger partial charge >= 0.3 is 0 Å². The van der Waals surface area contributed by atoms with Crippen LogP contribution in [0, 0.1) is 25.7 Å². The quantitative estimate of drug-likeness (QED) is 0.764. The number of rotatable bonds is 6. The first-order valence-electron chi connectivity index (χ1n) is 10.3. The fraction of sp³-hybridized carbons (Fsp3) is 0.417. The van der Waals surface area contributed by atoms with Crippen LogP contribution in [0.2, 0.25) is 0 Å². The minimum atomic E-state index is -0.0689. The third-order valence-electron chi connectivity index (χ3n) is 5.80. The van der Waals surface area contributed by atoms with Gasteiger partial charge in [0, 0.05) is 18.4 Å². The van der Waals surface area contributed by atoms with E-state index in [9.17, 15) is 9.59 Å². The van der Waals surface area contributed by atoms with Gasteiger partial charge in [0.25, 0.3) is 0 Å². The van der Waals surface area contributed by atoms with Crippen molar-refractivity contribution in [2.45, 2.75) is 46.1 Å². The maximum atomic E-state index is 12.7. The van der Waals surface area contributed by atoms with Crippen LogP contribution in [0.25, 0.3) is 0 Å². The molecule has 0 unspecified atom stereocenters. The highest BCUT2D eigenvalue weighted by Crippen LogP contribution is 2.32. The summed E-state index contributed by atoms with van der Waals surface area (Å²) in [7, 11) is 1.60. The lowest BCUT2D eigenvalue weighted by Crippen LogP contribution is -2.35. The van der Waals surface area contributed by atoms with E-state index in [1.54, 1.807) is 7.11 Å². The Balaban J connectivity index is 1.49. The minimum Gasteiger partial charge on any atom is -0.495 e. The molecule has 0 bridgehead atoms. The largest absolute Gasteiger partial charge is 0.495 e. The van der Waals surface area contributed by atoms with E-state index in [0.717, 1.165) is 36.8 Å². The molecule has 2 aromatic rings. The van der Waals surface area contributed by atoms with Crippen molar-refractivity contribution in [1.82, 2.24) is 5.32 Å². The summed E-state index contributed by atoms with van der Waals surface area (Å²) in [6.07, 6.45) is 2.93. The van der Waals surface area contributed by atoms with Crippen molar-refractivity contribution in [2.75, 3.05) is 12.4 Å². The summed E-state index contributed by atoms with van der Waals surface area (Å²) in [5, 5.41) is 6.06. The van der Waals surface area contributed by atoms with E-state index in [2.05, 4.69) is 23.6 Å². The third-order valence-corrected chi connectivity index (χ3v) is 5.80. The van der Waals surface area contributed by atoms with Crippen molar-refractivity contribution in [2.24, 2.45) is 11.8 Å². The van der Waals surface area contributed by atoms with Gasteiger partial charge in [0.05, 0.1) is 12.8 Å². The molecule has 1 aliphatic rings. The maximum Gasteiger partial charge on any atom is 0.227 e. The lowest BCUT2D eigenvalue weighted by molar-refractivity contribution is -0.128. The van der Waals surface area contributed by atoms with E-state index in [4.69, 9.17) is 4.74 Å². The van der Waals surface area contributed by atoms with Crippen molar-refractivity contribution in [3.63, 3.8) is 0 Å². The molecular formula is C24H30N2O3. The number of hydrogen-bond donors (Lipinski definition) is 2. The maximum absolute atomic E-state index is 12.7. The predicted octanol–water partition coefficient (Wildman–Crippen LogP) is 4.37. The lowest BCUT2D eigenvalue weighted by Gasteiger charge is -2.27. The van der Waals surface area contributed by atoms with Crippen molar-refractivity contribution >= 4 is 17.5 Å². The zero-order valence-electron chi connectivity index (χ0n) is 17.5. The molecule has 29 heavy (non-hydrogen) atoms. The first-order valence-corrected chi connectivity index (χ1v) is 10.3. The van der Waals surface area contributed by atoms with E-state index < -0.39 is 0 Å². The smallest absolute Gasteiger partial charge is 0.227 e. The number of benzene rings is 2. The molecule has 1 fully saturated rings. The van der Waals surface area contributed by atoms with Gasteiger partial charge in [0.2, 0.25) is 11.8 Å². The Hall–Kier alpha value is -2.82. The van der Waals surface area contributed by atoms with E-state index in [0.29, 0.717) is 18.0 Å². The van der Waals surface area contributed by atoms with Gasteiger partial charge < -0.3 is 15.4 Å². The molecule has 1 aliphatic carbocycles. The number of nitrogens with one attached hydrogen (secondary N) is 2. The number of aryl methyl sites for hydroxylation is 2. The summed E-state index contributed by atoms with van der Waals surface area (Å²) in [6.45, 7) is 4.59. The Morgan fingerprint density at radius 2 is 1.62 bits per heavy atom. The zero-order valence-corrected chi connectivity index (χ0v) is 17.5. The Bertz CT molecular complexity index is 870. The first kappa shape index (κ1) is 20.9. The second-order valence-electron chi connectivity index (χ2n) is 7.89. The molecule has 0 radical (unpaired) electrons. The molecule has 1 saturated carbocycles. The van der Waals surface area contributed by atoms with Crippen LogP contribution in [0.5, 0.6) is 5.75 Å². The van der Waals surface area contributed by atoms with Crippen molar-refractivity contribution in [1.29, 1.82) is 0 Å². The molecule has 2 amide bonds. The monoisotopic (exact) mass is 394 g/mol. The predicted molar refractivity (Wildman–Crippen MR) is 115 cm³/mol. The number of carbonyl (C=O) groups is 2. The van der Waals surface area contributed by atoms with Gasteiger partial charge in [0.1, 0.15) is 5.75 Å². The highest BCUT2D eigenvalue weighted by atomic mass is 16.5. The van der Waals surface area contributed by atoms with Crippen LogP contribution in [-0.2, 0) is 16.1 Å². The van der Waals surface area contributed by atoms with Gasteiger partial charge in [-0.1, -0.05) is 30.3 Å². The van der Waals surface area contributed by atoms with E-state index >= 15 is 0 Å². The Kier molecular flexibility index (Phi) is 6.91. The van der Waals surface area contributed by atoms with Crippen LogP contribution < -0.4 is 15.4 Å². The van der Waals surface area contributed by atoms with Gasteiger partial charge in [0.15, 0.2) is 0 Å². The van der Waals surface area contributed by atoms with Crippen LogP contribution >= 0.6 is 0 Å². The Labute approximate surface area is 172 Å². The molecule has 0 aromatic heterocycles. The molecule has 0 heterocycles. The average molecular weight is 395 g/mol. The molecule has 5 nitrogen and oxygen atoms in total. The summed E-state index contributed by atoms with van der Waals surface area (Å²) < 4.78 is 5.34. The number of amides is 2. The highest BCUT2D eigenvalue weighted by molar-refractivity contribution is 5.94. The van der Waals surface area contributed by atoms with Crippen molar-refractivity contribution in [3.05, 3.63) is 59.2 Å². The van der Waals surface area contributed by atoms with Crippen LogP contribution in [0.3, 0.4) is 0 Å². The number of anilines is 1. The molecule has 2 N–H and O–H groups in total. The SMILES string of the molecule is COc1ccc(C)cc1NC(=O)C1CCC(C(=O)NCc2ccccc2C)CC1. The van der Waals surface area contributed by atoms with Gasteiger partial charge in [-0.25, -0.2) is 0 Å². The van der Waals surface area contributed by atoms with E-state index in [1.165, 1.54) is 5.56 Å². The summed E-state index contributed by atoms with van der Waals surface area (Å²) >= 11 is 0. The Morgan fingerprint density at radius 3 is 2.28 bits per heavy atom. The normalized spacial score (nSPS) is 18.7. The fourth-order valence-corrected chi connectivity index (χ4v) is 3.91. The minimum absolute atomic E-state index is 0.00710. The summed E-state index contributed by atoms with van der Waals surface area (Å²) in [4.78, 5) is 25.2. The Morgan fingerprint density at radius 1 is 0.966 bits per heavy atom. The topological polar surface area (TPSA) is 67.4 Å². The van der Waals surface area contributed by atoms with Gasteiger partial charge in [-0.05, 0) is 68.4 Å². The van der Waals surface area contributed by atoms with Gasteiger partial charge in [-0.15, -0.1) is 0 Å². The number of methoxy groups -OCH3 is 1. The summed E-state index contributed by atoms with van der Waals surface area (Å²) in [5.41, 5.74) is 4.09. The van der Waals surface area contributed by atoms with Crippen LogP contribution in [0.1, 0.15) is 42.4 Å². The number of hydrogen-bond acceptors (Lipinski definition) is 3. The molecular weight excluding hydrogens is 364 g/mol.